The van der Waals surface area contributed by atoms with Crippen molar-refractivity contribution in [1.29, 1.82) is 0 Å². The lowest BCUT2D eigenvalue weighted by Gasteiger charge is -2.26. The van der Waals surface area contributed by atoms with Gasteiger partial charge in [0.15, 0.2) is 0 Å². The maximum atomic E-state index is 12.1. The summed E-state index contributed by atoms with van der Waals surface area (Å²) >= 11 is 3.39. The van der Waals surface area contributed by atoms with Crippen LogP contribution < -0.4 is 5.32 Å². The second kappa shape index (κ2) is 5.40. The Balaban J connectivity index is 2.11. The Kier molecular flexibility index (Phi) is 4.07. The van der Waals surface area contributed by atoms with Gasteiger partial charge < -0.3 is 10.1 Å². The number of likely N-dealkylation sites (N-methyl/N-ethyl adjacent to an activating group) is 1. The van der Waals surface area contributed by atoms with Crippen LogP contribution in [0.5, 0.6) is 0 Å². The van der Waals surface area contributed by atoms with Gasteiger partial charge in [0.05, 0.1) is 23.3 Å². The molecule has 1 aromatic heterocycles. The minimum Gasteiger partial charge on any atom is -0.465 e. The number of hydrogen-bond donors (Lipinski definition) is 1. The molecule has 6 heteroatoms. The van der Waals surface area contributed by atoms with E-state index in [4.69, 9.17) is 4.74 Å². The number of ether oxygens (including phenoxy) is 1. The van der Waals surface area contributed by atoms with Crippen LogP contribution in [0.1, 0.15) is 32.2 Å². The molecule has 2 unspecified atom stereocenters. The van der Waals surface area contributed by atoms with Gasteiger partial charge in [0, 0.05) is 6.20 Å². The van der Waals surface area contributed by atoms with Gasteiger partial charge in [-0.15, -0.1) is 0 Å². The molecule has 1 N–H and O–H groups in total. The molecule has 1 aromatic rings. The van der Waals surface area contributed by atoms with E-state index in [0.717, 1.165) is 23.7 Å². The maximum Gasteiger partial charge on any atom is 0.326 e. The van der Waals surface area contributed by atoms with Crippen LogP contribution in [-0.2, 0) is 9.53 Å². The first-order chi connectivity index (χ1) is 8.61. The maximum absolute atomic E-state index is 12.1. The number of nitrogens with one attached hydrogen (secondary N) is 1. The van der Waals surface area contributed by atoms with Gasteiger partial charge in [-0.2, -0.15) is 5.10 Å². The third-order valence-electron chi connectivity index (χ3n) is 3.58. The molecule has 100 valence electrons. The zero-order chi connectivity index (χ0) is 13.2. The molecule has 5 nitrogen and oxygen atoms in total. The third-order valence-corrected chi connectivity index (χ3v) is 3.99. The highest BCUT2D eigenvalue weighted by Crippen LogP contribution is 2.38. The van der Waals surface area contributed by atoms with Crippen molar-refractivity contribution in [3.05, 3.63) is 16.9 Å². The molecule has 2 rings (SSSR count). The van der Waals surface area contributed by atoms with E-state index in [2.05, 4.69) is 26.3 Å². The Hall–Kier alpha value is -0.880. The van der Waals surface area contributed by atoms with Gasteiger partial charge in [-0.3, -0.25) is 9.48 Å². The molecule has 0 amide bonds. The van der Waals surface area contributed by atoms with Crippen molar-refractivity contribution in [2.75, 3.05) is 13.7 Å². The van der Waals surface area contributed by atoms with Crippen LogP contribution in [0.15, 0.2) is 16.9 Å². The standard InChI is InChI=1S/C12H18BrN3O2/c1-3-18-11(17)12(14-2)5-4-10(6-12)16-8-9(13)7-15-16/h7-8,10,14H,3-6H2,1-2H3. The molecule has 0 bridgehead atoms. The second-order valence-electron chi connectivity index (χ2n) is 4.59. The molecular formula is C12H18BrN3O2. The van der Waals surface area contributed by atoms with Gasteiger partial charge in [0.2, 0.25) is 0 Å². The summed E-state index contributed by atoms with van der Waals surface area (Å²) in [7, 11) is 1.82. The number of hydrogen-bond acceptors (Lipinski definition) is 4. The molecule has 1 saturated carbocycles. The number of carbonyl (C=O) groups is 1. The van der Waals surface area contributed by atoms with Crippen LogP contribution >= 0.6 is 15.9 Å². The summed E-state index contributed by atoms with van der Waals surface area (Å²) in [5, 5.41) is 7.43. The van der Waals surface area contributed by atoms with Crippen molar-refractivity contribution in [3.8, 4) is 0 Å². The average molecular weight is 316 g/mol. The highest BCUT2D eigenvalue weighted by molar-refractivity contribution is 9.10. The van der Waals surface area contributed by atoms with Crippen LogP contribution in [0.4, 0.5) is 0 Å². The molecule has 0 aromatic carbocycles. The Labute approximate surface area is 115 Å². The first kappa shape index (κ1) is 13.5. The number of halogens is 1. The summed E-state index contributed by atoms with van der Waals surface area (Å²) in [5.74, 6) is -0.152. The molecule has 0 radical (unpaired) electrons. The Morgan fingerprint density at radius 3 is 3.11 bits per heavy atom. The Morgan fingerprint density at radius 2 is 2.56 bits per heavy atom. The fourth-order valence-electron chi connectivity index (χ4n) is 2.54. The van der Waals surface area contributed by atoms with Gasteiger partial charge in [-0.1, -0.05) is 0 Å². The van der Waals surface area contributed by atoms with E-state index < -0.39 is 5.54 Å². The smallest absolute Gasteiger partial charge is 0.326 e. The fourth-order valence-corrected chi connectivity index (χ4v) is 2.84. The van der Waals surface area contributed by atoms with Gasteiger partial charge in [0.1, 0.15) is 5.54 Å². The SMILES string of the molecule is CCOC(=O)C1(NC)CCC(n2cc(Br)cn2)C1. The third kappa shape index (κ3) is 2.44. The van der Waals surface area contributed by atoms with Gasteiger partial charge in [-0.25, -0.2) is 0 Å². The predicted octanol–water partition coefficient (Wildman–Crippen LogP) is 1.89. The van der Waals surface area contributed by atoms with E-state index in [0.29, 0.717) is 6.61 Å². The Bertz CT molecular complexity index is 435. The summed E-state index contributed by atoms with van der Waals surface area (Å²) in [4.78, 5) is 12.1. The molecular weight excluding hydrogens is 298 g/mol. The topological polar surface area (TPSA) is 56.1 Å². The number of nitrogens with zero attached hydrogens (tertiary/aromatic N) is 2. The van der Waals surface area contributed by atoms with Gasteiger partial charge in [-0.05, 0) is 49.2 Å². The van der Waals surface area contributed by atoms with E-state index in [-0.39, 0.29) is 12.0 Å². The van der Waals surface area contributed by atoms with Crippen LogP contribution in [0.25, 0.3) is 0 Å². The first-order valence-electron chi connectivity index (χ1n) is 6.17. The van der Waals surface area contributed by atoms with Crippen LogP contribution in [0.3, 0.4) is 0 Å². The molecule has 1 aliphatic carbocycles. The van der Waals surface area contributed by atoms with Crippen molar-refractivity contribution < 1.29 is 9.53 Å². The van der Waals surface area contributed by atoms with E-state index in [1.165, 1.54) is 0 Å². The van der Waals surface area contributed by atoms with Gasteiger partial charge >= 0.3 is 5.97 Å². The monoisotopic (exact) mass is 315 g/mol. The summed E-state index contributed by atoms with van der Waals surface area (Å²) < 4.78 is 8.05. The molecule has 0 spiro atoms. The highest BCUT2D eigenvalue weighted by atomic mass is 79.9. The zero-order valence-corrected chi connectivity index (χ0v) is 12.2. The molecule has 1 aliphatic rings. The van der Waals surface area contributed by atoms with Crippen LogP contribution in [-0.4, -0.2) is 34.9 Å². The van der Waals surface area contributed by atoms with Crippen molar-refractivity contribution in [1.82, 2.24) is 15.1 Å². The molecule has 0 saturated heterocycles. The normalized spacial score (nSPS) is 27.4. The quantitative estimate of drug-likeness (QED) is 0.862. The summed E-state index contributed by atoms with van der Waals surface area (Å²) in [6, 6.07) is 0.244. The first-order valence-corrected chi connectivity index (χ1v) is 6.96. The number of rotatable bonds is 4. The van der Waals surface area contributed by atoms with Crippen molar-refractivity contribution in [2.45, 2.75) is 37.8 Å². The molecule has 1 heterocycles. The largest absolute Gasteiger partial charge is 0.465 e. The lowest BCUT2D eigenvalue weighted by molar-refractivity contribution is -0.150. The van der Waals surface area contributed by atoms with Gasteiger partial charge in [0.25, 0.3) is 0 Å². The molecule has 1 fully saturated rings. The highest BCUT2D eigenvalue weighted by Gasteiger charge is 2.46. The van der Waals surface area contributed by atoms with E-state index in [9.17, 15) is 4.79 Å². The number of carbonyl (C=O) groups excluding carboxylic acids is 1. The van der Waals surface area contributed by atoms with Crippen molar-refractivity contribution >= 4 is 21.9 Å². The van der Waals surface area contributed by atoms with Crippen molar-refractivity contribution in [3.63, 3.8) is 0 Å². The zero-order valence-electron chi connectivity index (χ0n) is 10.6. The second-order valence-corrected chi connectivity index (χ2v) is 5.50. The Morgan fingerprint density at radius 1 is 1.78 bits per heavy atom. The predicted molar refractivity (Wildman–Crippen MR) is 71.2 cm³/mol. The lowest BCUT2D eigenvalue weighted by atomic mass is 9.98. The minimum absolute atomic E-state index is 0.152. The van der Waals surface area contributed by atoms with E-state index in [1.54, 1.807) is 6.20 Å². The number of esters is 1. The van der Waals surface area contributed by atoms with E-state index in [1.807, 2.05) is 24.9 Å². The van der Waals surface area contributed by atoms with Crippen LogP contribution in [0, 0.1) is 0 Å². The summed E-state index contributed by atoms with van der Waals surface area (Å²) in [5.41, 5.74) is -0.556. The fraction of sp³-hybridized carbons (Fsp3) is 0.667. The van der Waals surface area contributed by atoms with Crippen molar-refractivity contribution in [2.24, 2.45) is 0 Å². The van der Waals surface area contributed by atoms with E-state index >= 15 is 0 Å². The summed E-state index contributed by atoms with van der Waals surface area (Å²) in [6.45, 7) is 2.25. The summed E-state index contributed by atoms with van der Waals surface area (Å²) in [6.07, 6.45) is 6.14. The average Bonchev–Trinajstić information content (AvgIpc) is 2.96. The van der Waals surface area contributed by atoms with Crippen LogP contribution in [0.2, 0.25) is 0 Å². The number of aromatic nitrogens is 2. The lowest BCUT2D eigenvalue weighted by Crippen LogP contribution is -2.49. The minimum atomic E-state index is -0.556. The molecule has 18 heavy (non-hydrogen) atoms. The molecule has 0 aliphatic heterocycles. The molecule has 2 atom stereocenters.